The van der Waals surface area contributed by atoms with Crippen molar-refractivity contribution >= 4 is 0 Å². The largest absolute Gasteiger partial charge is 0.404 e. The molecule has 18 heavy (non-hydrogen) atoms. The van der Waals surface area contributed by atoms with Gasteiger partial charge in [-0.2, -0.15) is 18.3 Å². The summed E-state index contributed by atoms with van der Waals surface area (Å²) in [6.45, 7) is 6.46. The van der Waals surface area contributed by atoms with Crippen molar-refractivity contribution in [1.29, 1.82) is 0 Å². The van der Waals surface area contributed by atoms with Gasteiger partial charge in [-0.05, 0) is 12.5 Å². The lowest BCUT2D eigenvalue weighted by Crippen LogP contribution is -2.44. The third-order valence-electron chi connectivity index (χ3n) is 2.47. The minimum atomic E-state index is -4.27. The van der Waals surface area contributed by atoms with Gasteiger partial charge in [0, 0.05) is 13.0 Å². The zero-order chi connectivity index (χ0) is 13.8. The van der Waals surface area contributed by atoms with Crippen molar-refractivity contribution in [3.05, 3.63) is 12.2 Å². The quantitative estimate of drug-likeness (QED) is 0.854. The zero-order valence-electron chi connectivity index (χ0n) is 10.8. The highest BCUT2D eigenvalue weighted by atomic mass is 19.4. The van der Waals surface area contributed by atoms with Gasteiger partial charge in [-0.3, -0.25) is 0 Å². The Labute approximate surface area is 105 Å². The summed E-state index contributed by atoms with van der Waals surface area (Å²) in [6, 6.07) is -1.57. The summed E-state index contributed by atoms with van der Waals surface area (Å²) in [5.41, 5.74) is 0. The number of hydrogen-bond acceptors (Lipinski definition) is 3. The molecule has 0 saturated heterocycles. The summed E-state index contributed by atoms with van der Waals surface area (Å²) in [4.78, 5) is 3.92. The molecule has 0 amide bonds. The van der Waals surface area contributed by atoms with Crippen LogP contribution in [0, 0.1) is 5.92 Å². The summed E-state index contributed by atoms with van der Waals surface area (Å²) in [5, 5.41) is 6.40. The molecule has 0 aliphatic carbocycles. The van der Waals surface area contributed by atoms with Gasteiger partial charge in [0.25, 0.3) is 0 Å². The number of nitrogens with one attached hydrogen (secondary N) is 1. The molecule has 0 fully saturated rings. The molecule has 4 nitrogen and oxygen atoms in total. The molecule has 0 aliphatic rings. The standard InChI is InChI=1S/C11H19F3N4/c1-4-15-9(11(12,13)14)5-10-16-7-17-18(10)6-8(2)3/h7-9,15H,4-6H2,1-3H3. The monoisotopic (exact) mass is 264 g/mol. The Kier molecular flexibility index (Phi) is 5.13. The van der Waals surface area contributed by atoms with E-state index in [9.17, 15) is 13.2 Å². The molecule has 1 N–H and O–H groups in total. The van der Waals surface area contributed by atoms with Gasteiger partial charge in [0.05, 0.1) is 0 Å². The maximum atomic E-state index is 12.8. The van der Waals surface area contributed by atoms with Crippen LogP contribution in [-0.2, 0) is 13.0 Å². The predicted molar refractivity (Wildman–Crippen MR) is 62.1 cm³/mol. The molecule has 1 atom stereocenters. The summed E-state index contributed by atoms with van der Waals surface area (Å²) in [6.07, 6.45) is -3.16. The summed E-state index contributed by atoms with van der Waals surface area (Å²) < 4.78 is 39.9. The molecule has 104 valence electrons. The molecule has 0 saturated carbocycles. The van der Waals surface area contributed by atoms with E-state index in [1.807, 2.05) is 13.8 Å². The van der Waals surface area contributed by atoms with Crippen molar-refractivity contribution in [2.45, 2.75) is 46.0 Å². The molecule has 1 aromatic rings. The molecule has 7 heteroatoms. The Morgan fingerprint density at radius 3 is 2.56 bits per heavy atom. The average molecular weight is 264 g/mol. The number of aromatic nitrogens is 3. The van der Waals surface area contributed by atoms with Gasteiger partial charge in [0.15, 0.2) is 0 Å². The van der Waals surface area contributed by atoms with E-state index in [4.69, 9.17) is 0 Å². The van der Waals surface area contributed by atoms with Crippen molar-refractivity contribution in [1.82, 2.24) is 20.1 Å². The molecule has 0 spiro atoms. The average Bonchev–Trinajstić information content (AvgIpc) is 2.62. The Hall–Kier alpha value is -1.11. The number of nitrogens with zero attached hydrogens (tertiary/aromatic N) is 3. The number of rotatable bonds is 6. The molecule has 1 unspecified atom stereocenters. The van der Waals surface area contributed by atoms with Gasteiger partial charge >= 0.3 is 6.18 Å². The first-order valence-electron chi connectivity index (χ1n) is 6.01. The molecular weight excluding hydrogens is 245 g/mol. The van der Waals surface area contributed by atoms with Crippen LogP contribution in [0.3, 0.4) is 0 Å². The lowest BCUT2D eigenvalue weighted by Gasteiger charge is -2.21. The third-order valence-corrected chi connectivity index (χ3v) is 2.47. The van der Waals surface area contributed by atoms with Crippen LogP contribution in [0.25, 0.3) is 0 Å². The van der Waals surface area contributed by atoms with E-state index in [2.05, 4.69) is 15.4 Å². The third kappa shape index (κ3) is 4.29. The smallest absolute Gasteiger partial charge is 0.306 e. The predicted octanol–water partition coefficient (Wildman–Crippen LogP) is 2.02. The van der Waals surface area contributed by atoms with E-state index in [0.29, 0.717) is 18.3 Å². The van der Waals surface area contributed by atoms with E-state index in [1.54, 1.807) is 11.6 Å². The molecule has 0 radical (unpaired) electrons. The number of hydrogen-bond donors (Lipinski definition) is 1. The van der Waals surface area contributed by atoms with Crippen LogP contribution in [-0.4, -0.2) is 33.5 Å². The van der Waals surface area contributed by atoms with Gasteiger partial charge in [0.2, 0.25) is 0 Å². The fourth-order valence-electron chi connectivity index (χ4n) is 1.68. The maximum absolute atomic E-state index is 12.8. The normalized spacial score (nSPS) is 14.2. The Bertz CT molecular complexity index is 359. The Morgan fingerprint density at radius 1 is 1.39 bits per heavy atom. The lowest BCUT2D eigenvalue weighted by atomic mass is 10.1. The van der Waals surface area contributed by atoms with Crippen LogP contribution >= 0.6 is 0 Å². The second-order valence-corrected chi connectivity index (χ2v) is 4.61. The Morgan fingerprint density at radius 2 is 2.06 bits per heavy atom. The van der Waals surface area contributed by atoms with Crippen molar-refractivity contribution in [3.8, 4) is 0 Å². The molecule has 1 heterocycles. The minimum absolute atomic E-state index is 0.190. The van der Waals surface area contributed by atoms with E-state index < -0.39 is 12.2 Å². The molecule has 0 bridgehead atoms. The number of likely N-dealkylation sites (N-methyl/N-ethyl adjacent to an activating group) is 1. The van der Waals surface area contributed by atoms with Crippen LogP contribution in [0.1, 0.15) is 26.6 Å². The number of halogens is 3. The second kappa shape index (κ2) is 6.17. The van der Waals surface area contributed by atoms with Crippen LogP contribution in [0.2, 0.25) is 0 Å². The number of alkyl halides is 3. The highest BCUT2D eigenvalue weighted by Crippen LogP contribution is 2.22. The lowest BCUT2D eigenvalue weighted by molar-refractivity contribution is -0.155. The molecule has 0 aromatic carbocycles. The summed E-state index contributed by atoms with van der Waals surface area (Å²) >= 11 is 0. The molecule has 1 rings (SSSR count). The van der Waals surface area contributed by atoms with Crippen molar-refractivity contribution in [2.75, 3.05) is 6.54 Å². The van der Waals surface area contributed by atoms with Crippen molar-refractivity contribution in [3.63, 3.8) is 0 Å². The Balaban J connectivity index is 2.78. The van der Waals surface area contributed by atoms with Gasteiger partial charge in [-0.1, -0.05) is 20.8 Å². The van der Waals surface area contributed by atoms with Crippen LogP contribution < -0.4 is 5.32 Å². The maximum Gasteiger partial charge on any atom is 0.404 e. The summed E-state index contributed by atoms with van der Waals surface area (Å²) in [5.74, 6) is 0.681. The highest BCUT2D eigenvalue weighted by molar-refractivity contribution is 4.92. The highest BCUT2D eigenvalue weighted by Gasteiger charge is 2.39. The van der Waals surface area contributed by atoms with Gasteiger partial charge < -0.3 is 5.32 Å². The molecule has 1 aromatic heterocycles. The fourth-order valence-corrected chi connectivity index (χ4v) is 1.68. The SMILES string of the molecule is CCNC(Cc1ncnn1CC(C)C)C(F)(F)F. The molecular formula is C11H19F3N4. The zero-order valence-corrected chi connectivity index (χ0v) is 10.8. The van der Waals surface area contributed by atoms with Crippen molar-refractivity contribution < 1.29 is 13.2 Å². The summed E-state index contributed by atoms with van der Waals surface area (Å²) in [7, 11) is 0. The van der Waals surface area contributed by atoms with Gasteiger partial charge in [-0.15, -0.1) is 0 Å². The topological polar surface area (TPSA) is 42.7 Å². The van der Waals surface area contributed by atoms with Crippen LogP contribution in [0.15, 0.2) is 6.33 Å². The van der Waals surface area contributed by atoms with E-state index in [1.165, 1.54) is 6.33 Å². The van der Waals surface area contributed by atoms with Gasteiger partial charge in [-0.25, -0.2) is 9.67 Å². The first-order chi connectivity index (χ1) is 8.34. The van der Waals surface area contributed by atoms with E-state index in [-0.39, 0.29) is 13.0 Å². The van der Waals surface area contributed by atoms with Crippen molar-refractivity contribution in [2.24, 2.45) is 5.92 Å². The van der Waals surface area contributed by atoms with Crippen LogP contribution in [0.5, 0.6) is 0 Å². The van der Waals surface area contributed by atoms with Crippen LogP contribution in [0.4, 0.5) is 13.2 Å². The van der Waals surface area contributed by atoms with Gasteiger partial charge in [0.1, 0.15) is 18.2 Å². The van der Waals surface area contributed by atoms with E-state index in [0.717, 1.165) is 0 Å². The first kappa shape index (κ1) is 14.9. The fraction of sp³-hybridized carbons (Fsp3) is 0.818. The minimum Gasteiger partial charge on any atom is -0.306 e. The van der Waals surface area contributed by atoms with E-state index >= 15 is 0 Å². The molecule has 0 aliphatic heterocycles. The second-order valence-electron chi connectivity index (χ2n) is 4.61. The first-order valence-corrected chi connectivity index (χ1v) is 6.01.